The van der Waals surface area contributed by atoms with Gasteiger partial charge in [0.25, 0.3) is 0 Å². The molecule has 1 N–H and O–H groups in total. The van der Waals surface area contributed by atoms with E-state index in [1.54, 1.807) is 24.3 Å². The van der Waals surface area contributed by atoms with Crippen LogP contribution in [0.2, 0.25) is 0 Å². The Morgan fingerprint density at radius 1 is 1.30 bits per heavy atom. The summed E-state index contributed by atoms with van der Waals surface area (Å²) in [6.07, 6.45) is 1.06. The van der Waals surface area contributed by atoms with Crippen LogP contribution in [-0.4, -0.2) is 6.54 Å². The number of aryl methyl sites for hydroxylation is 1. The summed E-state index contributed by atoms with van der Waals surface area (Å²) >= 11 is 8.79. The lowest BCUT2D eigenvalue weighted by Crippen LogP contribution is -2.23. The molecule has 0 fully saturated rings. The van der Waals surface area contributed by atoms with Gasteiger partial charge in [-0.1, -0.05) is 19.1 Å². The highest BCUT2D eigenvalue weighted by Gasteiger charge is 2.19. The van der Waals surface area contributed by atoms with Crippen LogP contribution in [0.15, 0.2) is 31.8 Å². The third kappa shape index (κ3) is 3.70. The number of rotatable bonds is 5. The average Bonchev–Trinajstić information content (AvgIpc) is 2.73. The normalized spacial score (nSPS) is 12.7. The maximum absolute atomic E-state index is 13.5. The Morgan fingerprint density at radius 2 is 2.05 bits per heavy atom. The molecule has 0 aliphatic rings. The van der Waals surface area contributed by atoms with Gasteiger partial charge in [-0.2, -0.15) is 0 Å². The molecule has 0 saturated carbocycles. The molecular formula is C15H16Br2FNS. The molecule has 0 amide bonds. The van der Waals surface area contributed by atoms with Gasteiger partial charge >= 0.3 is 0 Å². The second kappa shape index (κ2) is 7.16. The molecule has 1 nitrogen and oxygen atoms in total. The summed E-state index contributed by atoms with van der Waals surface area (Å²) in [5, 5.41) is 3.54. The lowest BCUT2D eigenvalue weighted by Gasteiger charge is -2.19. The van der Waals surface area contributed by atoms with E-state index < -0.39 is 0 Å². The van der Waals surface area contributed by atoms with Crippen LogP contribution in [0.5, 0.6) is 0 Å². The Labute approximate surface area is 139 Å². The third-order valence-corrected chi connectivity index (χ3v) is 5.49. The lowest BCUT2D eigenvalue weighted by molar-refractivity contribution is 0.590. The van der Waals surface area contributed by atoms with E-state index in [9.17, 15) is 4.39 Å². The Morgan fingerprint density at radius 3 is 2.60 bits per heavy atom. The van der Waals surface area contributed by atoms with Crippen LogP contribution in [0.4, 0.5) is 4.39 Å². The van der Waals surface area contributed by atoms with Crippen molar-refractivity contribution in [2.45, 2.75) is 26.3 Å². The SMILES string of the molecule is CCCNC(c1ccc(F)c(C)c1)c1cc(Br)sc1Br. The van der Waals surface area contributed by atoms with Gasteiger partial charge < -0.3 is 5.32 Å². The summed E-state index contributed by atoms with van der Waals surface area (Å²) < 4.78 is 15.6. The minimum absolute atomic E-state index is 0.0752. The predicted octanol–water partition coefficient (Wildman–Crippen LogP) is 5.81. The first kappa shape index (κ1) is 16.1. The topological polar surface area (TPSA) is 12.0 Å². The summed E-state index contributed by atoms with van der Waals surface area (Å²) in [5.74, 6) is -0.159. The van der Waals surface area contributed by atoms with Crippen molar-refractivity contribution in [2.75, 3.05) is 6.54 Å². The molecule has 2 aromatic rings. The molecule has 1 heterocycles. The summed E-state index contributed by atoms with van der Waals surface area (Å²) in [6.45, 7) is 4.86. The summed E-state index contributed by atoms with van der Waals surface area (Å²) in [4.78, 5) is 0. The lowest BCUT2D eigenvalue weighted by atomic mass is 9.99. The molecule has 2 rings (SSSR count). The van der Waals surface area contributed by atoms with Crippen molar-refractivity contribution in [1.29, 1.82) is 0 Å². The largest absolute Gasteiger partial charge is 0.306 e. The van der Waals surface area contributed by atoms with Crippen molar-refractivity contribution in [2.24, 2.45) is 0 Å². The van der Waals surface area contributed by atoms with E-state index in [0.29, 0.717) is 5.56 Å². The molecule has 0 spiro atoms. The van der Waals surface area contributed by atoms with Gasteiger partial charge in [0.05, 0.1) is 13.6 Å². The van der Waals surface area contributed by atoms with Crippen LogP contribution in [-0.2, 0) is 0 Å². The Kier molecular flexibility index (Phi) is 5.78. The molecule has 0 aliphatic heterocycles. The summed E-state index contributed by atoms with van der Waals surface area (Å²) in [7, 11) is 0. The van der Waals surface area contributed by atoms with E-state index >= 15 is 0 Å². The van der Waals surface area contributed by atoms with Crippen LogP contribution in [0.3, 0.4) is 0 Å². The number of hydrogen-bond acceptors (Lipinski definition) is 2. The van der Waals surface area contributed by atoms with E-state index in [2.05, 4.69) is 50.2 Å². The molecule has 0 aliphatic carbocycles. The van der Waals surface area contributed by atoms with Crippen LogP contribution in [0.1, 0.15) is 36.1 Å². The second-order valence-electron chi connectivity index (χ2n) is 4.68. The maximum atomic E-state index is 13.5. The van der Waals surface area contributed by atoms with Crippen molar-refractivity contribution in [1.82, 2.24) is 5.32 Å². The first-order chi connectivity index (χ1) is 9.52. The van der Waals surface area contributed by atoms with E-state index in [0.717, 1.165) is 26.1 Å². The zero-order valence-electron chi connectivity index (χ0n) is 11.3. The van der Waals surface area contributed by atoms with Gasteiger partial charge in [-0.15, -0.1) is 11.3 Å². The van der Waals surface area contributed by atoms with Crippen molar-refractivity contribution in [3.63, 3.8) is 0 Å². The standard InChI is InChI=1S/C15H16Br2FNS/c1-3-6-19-14(11-8-13(16)20-15(11)17)10-4-5-12(18)9(2)7-10/h4-5,7-8,14,19H,3,6H2,1-2H3. The quantitative estimate of drug-likeness (QED) is 0.643. The number of benzene rings is 1. The number of nitrogens with one attached hydrogen (secondary N) is 1. The number of thiophene rings is 1. The molecule has 0 saturated heterocycles. The van der Waals surface area contributed by atoms with Gasteiger partial charge in [-0.3, -0.25) is 0 Å². The van der Waals surface area contributed by atoms with Gasteiger partial charge in [0.1, 0.15) is 5.82 Å². The maximum Gasteiger partial charge on any atom is 0.126 e. The molecule has 0 bridgehead atoms. The molecule has 108 valence electrons. The molecule has 1 unspecified atom stereocenters. The first-order valence-electron chi connectivity index (χ1n) is 6.47. The Balaban J connectivity index is 2.41. The number of hydrogen-bond donors (Lipinski definition) is 1. The highest BCUT2D eigenvalue weighted by atomic mass is 79.9. The van der Waals surface area contributed by atoms with Crippen LogP contribution >= 0.6 is 43.2 Å². The fraction of sp³-hybridized carbons (Fsp3) is 0.333. The molecule has 5 heteroatoms. The van der Waals surface area contributed by atoms with Gasteiger partial charge in [-0.25, -0.2) is 4.39 Å². The predicted molar refractivity (Wildman–Crippen MR) is 91.0 cm³/mol. The fourth-order valence-electron chi connectivity index (χ4n) is 2.09. The zero-order chi connectivity index (χ0) is 14.7. The van der Waals surface area contributed by atoms with Gasteiger partial charge in [-0.05, 0) is 80.6 Å². The zero-order valence-corrected chi connectivity index (χ0v) is 15.3. The Bertz CT molecular complexity index is 598. The summed E-state index contributed by atoms with van der Waals surface area (Å²) in [6, 6.07) is 7.50. The van der Waals surface area contributed by atoms with Crippen molar-refractivity contribution in [3.8, 4) is 0 Å². The van der Waals surface area contributed by atoms with Crippen molar-refractivity contribution in [3.05, 3.63) is 54.3 Å². The first-order valence-corrected chi connectivity index (χ1v) is 8.87. The Hall–Kier alpha value is -0.230. The van der Waals surface area contributed by atoms with Crippen molar-refractivity contribution < 1.29 is 4.39 Å². The van der Waals surface area contributed by atoms with Gasteiger partial charge in [0.15, 0.2) is 0 Å². The van der Waals surface area contributed by atoms with Gasteiger partial charge in [0, 0.05) is 0 Å². The minimum Gasteiger partial charge on any atom is -0.306 e. The second-order valence-corrected chi connectivity index (χ2v) is 8.42. The molecular weight excluding hydrogens is 405 g/mol. The van der Waals surface area contributed by atoms with Crippen LogP contribution in [0.25, 0.3) is 0 Å². The van der Waals surface area contributed by atoms with E-state index in [1.165, 1.54) is 5.56 Å². The molecule has 0 radical (unpaired) electrons. The average molecular weight is 421 g/mol. The highest BCUT2D eigenvalue weighted by molar-refractivity contribution is 9.12. The van der Waals surface area contributed by atoms with E-state index in [1.807, 2.05) is 12.1 Å². The smallest absolute Gasteiger partial charge is 0.126 e. The van der Waals surface area contributed by atoms with Gasteiger partial charge in [0.2, 0.25) is 0 Å². The van der Waals surface area contributed by atoms with Crippen LogP contribution in [0, 0.1) is 12.7 Å². The van der Waals surface area contributed by atoms with Crippen molar-refractivity contribution >= 4 is 43.2 Å². The molecule has 1 aromatic heterocycles. The van der Waals surface area contributed by atoms with E-state index in [4.69, 9.17) is 0 Å². The minimum atomic E-state index is -0.159. The fourth-order valence-corrected chi connectivity index (χ4v) is 5.00. The number of halogens is 3. The highest BCUT2D eigenvalue weighted by Crippen LogP contribution is 2.38. The summed E-state index contributed by atoms with van der Waals surface area (Å²) in [5.41, 5.74) is 2.95. The molecule has 1 atom stereocenters. The van der Waals surface area contributed by atoms with Crippen LogP contribution < -0.4 is 5.32 Å². The van der Waals surface area contributed by atoms with E-state index in [-0.39, 0.29) is 11.9 Å². The molecule has 1 aromatic carbocycles. The molecule has 20 heavy (non-hydrogen) atoms. The third-order valence-electron chi connectivity index (χ3n) is 3.11. The monoisotopic (exact) mass is 419 g/mol.